The predicted molar refractivity (Wildman–Crippen MR) is 100.0 cm³/mol. The molecule has 0 saturated carbocycles. The van der Waals surface area contributed by atoms with E-state index in [0.717, 1.165) is 6.92 Å². The van der Waals surface area contributed by atoms with Crippen molar-refractivity contribution in [3.8, 4) is 0 Å². The fraction of sp³-hybridized carbons (Fsp3) is 0.167. The topological polar surface area (TPSA) is 110 Å². The molecule has 0 atom stereocenters. The number of rotatable bonds is 5. The lowest BCUT2D eigenvalue weighted by Crippen LogP contribution is -2.28. The van der Waals surface area contributed by atoms with E-state index in [1.54, 1.807) is 10.6 Å². The van der Waals surface area contributed by atoms with E-state index in [0.29, 0.717) is 29.1 Å². The smallest absolute Gasteiger partial charge is 0.274 e. The van der Waals surface area contributed by atoms with E-state index >= 15 is 0 Å². The Bertz CT molecular complexity index is 1120. The number of fused-ring (bicyclic) bond motifs is 1. The van der Waals surface area contributed by atoms with Crippen LogP contribution in [0.25, 0.3) is 5.65 Å². The van der Waals surface area contributed by atoms with Crippen molar-refractivity contribution >= 4 is 33.2 Å². The summed E-state index contributed by atoms with van der Waals surface area (Å²) in [7, 11) is -3.91. The summed E-state index contributed by atoms with van der Waals surface area (Å²) in [6, 6.07) is 11.0. The predicted octanol–water partition coefficient (Wildman–Crippen LogP) is 1.97. The van der Waals surface area contributed by atoms with Crippen molar-refractivity contribution in [2.45, 2.75) is 25.2 Å². The highest BCUT2D eigenvalue weighted by atomic mass is 32.2. The molecule has 0 unspecified atom stereocenters. The second-order valence-corrected chi connectivity index (χ2v) is 7.51. The minimum Gasteiger partial charge on any atom is -0.321 e. The Morgan fingerprint density at radius 1 is 1.11 bits per heavy atom. The first-order valence-electron chi connectivity index (χ1n) is 8.22. The number of hydrogen-bond donors (Lipinski definition) is 2. The van der Waals surface area contributed by atoms with Gasteiger partial charge in [0.05, 0.1) is 10.6 Å². The van der Waals surface area contributed by atoms with Crippen LogP contribution in [-0.2, 0) is 21.2 Å². The molecule has 0 aliphatic carbocycles. The number of imidazole rings is 1. The maximum absolute atomic E-state index is 12.7. The van der Waals surface area contributed by atoms with Crippen molar-refractivity contribution in [2.75, 3.05) is 5.32 Å². The van der Waals surface area contributed by atoms with Crippen molar-refractivity contribution in [2.24, 2.45) is 0 Å². The van der Waals surface area contributed by atoms with Gasteiger partial charge < -0.3 is 5.32 Å². The van der Waals surface area contributed by atoms with Crippen LogP contribution in [0.5, 0.6) is 0 Å². The zero-order valence-corrected chi connectivity index (χ0v) is 15.6. The molecule has 0 aliphatic heterocycles. The maximum Gasteiger partial charge on any atom is 0.274 e. The van der Waals surface area contributed by atoms with Crippen LogP contribution in [0.4, 0.5) is 5.69 Å². The van der Waals surface area contributed by atoms with E-state index in [1.165, 1.54) is 24.3 Å². The molecular weight excluding hydrogens is 368 g/mol. The number of anilines is 1. The lowest BCUT2D eigenvalue weighted by Gasteiger charge is -2.08. The van der Waals surface area contributed by atoms with Crippen LogP contribution < -0.4 is 10.0 Å². The van der Waals surface area contributed by atoms with Gasteiger partial charge in [0.25, 0.3) is 15.9 Å². The molecular formula is C18H18N4O4S. The van der Waals surface area contributed by atoms with Crippen LogP contribution in [-0.4, -0.2) is 29.6 Å². The zero-order valence-electron chi connectivity index (χ0n) is 14.8. The standard InChI is InChI=1S/C18H18N4O4S/c1-3-15-17(22-11-5-4-6-16(22)20-15)18(24)19-13-7-9-14(10-8-13)27(25,26)21-12(2)23/h4-11H,3H2,1-2H3,(H,19,24)(H,21,23). The van der Waals surface area contributed by atoms with Crippen molar-refractivity contribution in [1.82, 2.24) is 14.1 Å². The van der Waals surface area contributed by atoms with E-state index < -0.39 is 15.9 Å². The monoisotopic (exact) mass is 386 g/mol. The molecule has 2 aromatic heterocycles. The highest BCUT2D eigenvalue weighted by molar-refractivity contribution is 7.90. The summed E-state index contributed by atoms with van der Waals surface area (Å²) >= 11 is 0. The van der Waals surface area contributed by atoms with E-state index in [4.69, 9.17) is 0 Å². The summed E-state index contributed by atoms with van der Waals surface area (Å²) in [6.07, 6.45) is 2.36. The third kappa shape index (κ3) is 3.82. The summed E-state index contributed by atoms with van der Waals surface area (Å²) < 4.78 is 27.5. The fourth-order valence-electron chi connectivity index (χ4n) is 2.69. The number of nitrogens with one attached hydrogen (secondary N) is 2. The van der Waals surface area contributed by atoms with E-state index in [9.17, 15) is 18.0 Å². The third-order valence-electron chi connectivity index (χ3n) is 3.85. The molecule has 2 amide bonds. The number of pyridine rings is 1. The average Bonchev–Trinajstić information content (AvgIpc) is 2.99. The van der Waals surface area contributed by atoms with Gasteiger partial charge in [-0.1, -0.05) is 13.0 Å². The van der Waals surface area contributed by atoms with Gasteiger partial charge in [0.1, 0.15) is 11.3 Å². The SMILES string of the molecule is CCc1nc2ccccn2c1C(=O)Nc1ccc(S(=O)(=O)NC(C)=O)cc1. The lowest BCUT2D eigenvalue weighted by atomic mass is 10.2. The van der Waals surface area contributed by atoms with Gasteiger partial charge in [-0.2, -0.15) is 0 Å². The second-order valence-electron chi connectivity index (χ2n) is 5.83. The van der Waals surface area contributed by atoms with Crippen molar-refractivity contribution < 1.29 is 18.0 Å². The number of amides is 2. The zero-order chi connectivity index (χ0) is 19.6. The summed E-state index contributed by atoms with van der Waals surface area (Å²) in [5, 5.41) is 2.75. The fourth-order valence-corrected chi connectivity index (χ4v) is 3.68. The Kier molecular flexibility index (Phi) is 4.95. The first kappa shape index (κ1) is 18.6. The molecule has 0 bridgehead atoms. The molecule has 0 spiro atoms. The van der Waals surface area contributed by atoms with Crippen LogP contribution in [0.15, 0.2) is 53.6 Å². The summed E-state index contributed by atoms with van der Waals surface area (Å²) in [6.45, 7) is 3.04. The Hall–Kier alpha value is -3.20. The largest absolute Gasteiger partial charge is 0.321 e. The van der Waals surface area contributed by atoms with E-state index in [2.05, 4.69) is 10.3 Å². The Morgan fingerprint density at radius 2 is 1.81 bits per heavy atom. The minimum absolute atomic E-state index is 0.0697. The molecule has 1 aromatic carbocycles. The van der Waals surface area contributed by atoms with E-state index in [-0.39, 0.29) is 10.8 Å². The number of sulfonamides is 1. The molecule has 2 heterocycles. The molecule has 0 saturated heterocycles. The molecule has 3 aromatic rings. The summed E-state index contributed by atoms with van der Waals surface area (Å²) in [4.78, 5) is 28.1. The minimum atomic E-state index is -3.91. The first-order chi connectivity index (χ1) is 12.8. The van der Waals surface area contributed by atoms with E-state index in [1.807, 2.05) is 29.8 Å². The Balaban J connectivity index is 1.86. The number of benzene rings is 1. The highest BCUT2D eigenvalue weighted by Gasteiger charge is 2.19. The van der Waals surface area contributed by atoms with Gasteiger partial charge in [0.15, 0.2) is 0 Å². The molecule has 8 nitrogen and oxygen atoms in total. The van der Waals surface area contributed by atoms with Crippen LogP contribution in [0.1, 0.15) is 30.0 Å². The molecule has 2 N–H and O–H groups in total. The molecule has 0 radical (unpaired) electrons. The number of carbonyl (C=O) groups excluding carboxylic acids is 2. The van der Waals surface area contributed by atoms with Gasteiger partial charge in [-0.05, 0) is 42.8 Å². The molecule has 27 heavy (non-hydrogen) atoms. The van der Waals surface area contributed by atoms with Gasteiger partial charge in [0.2, 0.25) is 5.91 Å². The van der Waals surface area contributed by atoms with Gasteiger partial charge in [-0.15, -0.1) is 0 Å². The normalized spacial score (nSPS) is 11.3. The Labute approximate surface area is 156 Å². The van der Waals surface area contributed by atoms with Gasteiger partial charge in [-0.25, -0.2) is 18.1 Å². The summed E-state index contributed by atoms with van der Waals surface area (Å²) in [5.41, 5.74) is 2.21. The van der Waals surface area contributed by atoms with Crippen molar-refractivity contribution in [1.29, 1.82) is 0 Å². The molecule has 3 rings (SSSR count). The van der Waals surface area contributed by atoms with Crippen LogP contribution in [0.2, 0.25) is 0 Å². The quantitative estimate of drug-likeness (QED) is 0.697. The number of hydrogen-bond acceptors (Lipinski definition) is 5. The van der Waals surface area contributed by atoms with Gasteiger partial charge in [0, 0.05) is 18.8 Å². The number of carbonyl (C=O) groups is 2. The van der Waals surface area contributed by atoms with Crippen LogP contribution in [0, 0.1) is 0 Å². The number of nitrogens with zero attached hydrogens (tertiary/aromatic N) is 2. The first-order valence-corrected chi connectivity index (χ1v) is 9.71. The number of aryl methyl sites for hydroxylation is 1. The lowest BCUT2D eigenvalue weighted by molar-refractivity contribution is -0.117. The van der Waals surface area contributed by atoms with Crippen LogP contribution in [0.3, 0.4) is 0 Å². The molecule has 140 valence electrons. The third-order valence-corrected chi connectivity index (χ3v) is 5.30. The molecule has 0 aliphatic rings. The summed E-state index contributed by atoms with van der Waals surface area (Å²) in [5.74, 6) is -1.02. The second kappa shape index (κ2) is 7.20. The van der Waals surface area contributed by atoms with Crippen LogP contribution >= 0.6 is 0 Å². The highest BCUT2D eigenvalue weighted by Crippen LogP contribution is 2.18. The number of aromatic nitrogens is 2. The van der Waals surface area contributed by atoms with Gasteiger partial charge >= 0.3 is 0 Å². The van der Waals surface area contributed by atoms with Crippen molar-refractivity contribution in [3.05, 3.63) is 60.0 Å². The average molecular weight is 386 g/mol. The van der Waals surface area contributed by atoms with Crippen molar-refractivity contribution in [3.63, 3.8) is 0 Å². The maximum atomic E-state index is 12.7. The van der Waals surface area contributed by atoms with Gasteiger partial charge in [-0.3, -0.25) is 14.0 Å². The molecule has 0 fully saturated rings. The Morgan fingerprint density at radius 3 is 2.44 bits per heavy atom. The molecule has 9 heteroatoms.